The van der Waals surface area contributed by atoms with Crippen LogP contribution < -0.4 is 5.73 Å². The maximum atomic E-state index is 5.99. The zero-order valence-electron chi connectivity index (χ0n) is 10.5. The molecule has 0 aromatic rings. The van der Waals surface area contributed by atoms with E-state index in [1.807, 2.05) is 0 Å². The van der Waals surface area contributed by atoms with E-state index in [9.17, 15) is 0 Å². The summed E-state index contributed by atoms with van der Waals surface area (Å²) in [6.45, 7) is 5.47. The van der Waals surface area contributed by atoms with Crippen LogP contribution in [0.5, 0.6) is 0 Å². The number of nitrogens with zero attached hydrogens (tertiary/aromatic N) is 2. The molecule has 2 fully saturated rings. The van der Waals surface area contributed by atoms with Crippen LogP contribution in [0.3, 0.4) is 0 Å². The SMILES string of the molecule is CCC1(CN=C(N)N2CCC2)CCCCC1. The van der Waals surface area contributed by atoms with Crippen molar-refractivity contribution in [1.82, 2.24) is 4.90 Å². The number of rotatable bonds is 3. The maximum Gasteiger partial charge on any atom is 0.191 e. The third-order valence-electron chi connectivity index (χ3n) is 4.42. The van der Waals surface area contributed by atoms with Crippen LogP contribution in [0, 0.1) is 5.41 Å². The van der Waals surface area contributed by atoms with Crippen molar-refractivity contribution in [2.45, 2.75) is 51.9 Å². The molecular weight excluding hydrogens is 198 g/mol. The van der Waals surface area contributed by atoms with Gasteiger partial charge in [0.2, 0.25) is 0 Å². The van der Waals surface area contributed by atoms with Gasteiger partial charge in [-0.3, -0.25) is 4.99 Å². The Bertz CT molecular complexity index is 250. The Labute approximate surface area is 99.1 Å². The van der Waals surface area contributed by atoms with Gasteiger partial charge in [-0.25, -0.2) is 0 Å². The van der Waals surface area contributed by atoms with E-state index in [2.05, 4.69) is 16.8 Å². The normalized spacial score (nSPS) is 25.3. The third-order valence-corrected chi connectivity index (χ3v) is 4.42. The quantitative estimate of drug-likeness (QED) is 0.589. The van der Waals surface area contributed by atoms with Gasteiger partial charge in [0.25, 0.3) is 0 Å². The molecule has 1 saturated carbocycles. The monoisotopic (exact) mass is 223 g/mol. The summed E-state index contributed by atoms with van der Waals surface area (Å²) in [5.41, 5.74) is 6.45. The first-order valence-corrected chi connectivity index (χ1v) is 6.81. The molecule has 1 aliphatic heterocycles. The predicted octanol–water partition coefficient (Wildman–Crippen LogP) is 2.37. The minimum atomic E-state index is 0.466. The van der Waals surface area contributed by atoms with Crippen molar-refractivity contribution in [3.8, 4) is 0 Å². The minimum absolute atomic E-state index is 0.466. The van der Waals surface area contributed by atoms with E-state index in [1.165, 1.54) is 44.9 Å². The first kappa shape index (κ1) is 11.7. The highest BCUT2D eigenvalue weighted by Gasteiger charge is 2.30. The highest BCUT2D eigenvalue weighted by Crippen LogP contribution is 2.39. The maximum absolute atomic E-state index is 5.99. The molecule has 16 heavy (non-hydrogen) atoms. The predicted molar refractivity (Wildman–Crippen MR) is 68.5 cm³/mol. The lowest BCUT2D eigenvalue weighted by atomic mass is 9.72. The fraction of sp³-hybridized carbons (Fsp3) is 0.923. The lowest BCUT2D eigenvalue weighted by Gasteiger charge is -2.36. The molecule has 0 aromatic heterocycles. The first-order valence-electron chi connectivity index (χ1n) is 6.81. The van der Waals surface area contributed by atoms with Crippen molar-refractivity contribution < 1.29 is 0 Å². The molecule has 1 aliphatic carbocycles. The Morgan fingerprint density at radius 2 is 1.88 bits per heavy atom. The van der Waals surface area contributed by atoms with Gasteiger partial charge in [0.15, 0.2) is 5.96 Å². The Morgan fingerprint density at radius 1 is 1.19 bits per heavy atom. The van der Waals surface area contributed by atoms with Crippen molar-refractivity contribution in [2.75, 3.05) is 19.6 Å². The average molecular weight is 223 g/mol. The van der Waals surface area contributed by atoms with E-state index >= 15 is 0 Å². The van der Waals surface area contributed by atoms with Gasteiger partial charge in [-0.05, 0) is 31.1 Å². The molecule has 0 radical (unpaired) electrons. The van der Waals surface area contributed by atoms with Crippen LogP contribution in [0.25, 0.3) is 0 Å². The molecule has 0 unspecified atom stereocenters. The van der Waals surface area contributed by atoms with Crippen LogP contribution >= 0.6 is 0 Å². The van der Waals surface area contributed by atoms with Crippen LogP contribution in [0.1, 0.15) is 51.9 Å². The molecular formula is C13H25N3. The third kappa shape index (κ3) is 2.50. The second kappa shape index (κ2) is 5.07. The van der Waals surface area contributed by atoms with Crippen molar-refractivity contribution in [2.24, 2.45) is 16.1 Å². The number of hydrogen-bond donors (Lipinski definition) is 1. The van der Waals surface area contributed by atoms with Gasteiger partial charge >= 0.3 is 0 Å². The Kier molecular flexibility index (Phi) is 3.72. The van der Waals surface area contributed by atoms with Crippen molar-refractivity contribution in [3.05, 3.63) is 0 Å². The van der Waals surface area contributed by atoms with Crippen molar-refractivity contribution in [1.29, 1.82) is 0 Å². The van der Waals surface area contributed by atoms with Crippen LogP contribution in [-0.4, -0.2) is 30.5 Å². The highest BCUT2D eigenvalue weighted by molar-refractivity contribution is 5.78. The lowest BCUT2D eigenvalue weighted by Crippen LogP contribution is -2.47. The molecule has 2 rings (SSSR count). The van der Waals surface area contributed by atoms with Crippen molar-refractivity contribution >= 4 is 5.96 Å². The zero-order chi connectivity index (χ0) is 11.4. The lowest BCUT2D eigenvalue weighted by molar-refractivity contribution is 0.190. The summed E-state index contributed by atoms with van der Waals surface area (Å²) in [5, 5.41) is 0. The second-order valence-corrected chi connectivity index (χ2v) is 5.43. The summed E-state index contributed by atoms with van der Waals surface area (Å²) < 4.78 is 0. The molecule has 2 N–H and O–H groups in total. The number of nitrogens with two attached hydrogens (primary N) is 1. The standard InChI is InChI=1S/C13H25N3/c1-2-13(7-4-3-5-8-13)11-15-12(14)16-9-6-10-16/h2-11H2,1H3,(H2,14,15). The van der Waals surface area contributed by atoms with Crippen molar-refractivity contribution in [3.63, 3.8) is 0 Å². The molecule has 0 amide bonds. The van der Waals surface area contributed by atoms with Crippen LogP contribution in [0.15, 0.2) is 4.99 Å². The molecule has 3 heteroatoms. The summed E-state index contributed by atoms with van der Waals surface area (Å²) in [6, 6.07) is 0. The Morgan fingerprint density at radius 3 is 2.38 bits per heavy atom. The van der Waals surface area contributed by atoms with Gasteiger partial charge < -0.3 is 10.6 Å². The molecule has 1 saturated heterocycles. The number of aliphatic imine (C=N–C) groups is 1. The van der Waals surface area contributed by atoms with Gasteiger partial charge in [-0.2, -0.15) is 0 Å². The fourth-order valence-electron chi connectivity index (χ4n) is 2.82. The van der Waals surface area contributed by atoms with E-state index in [0.717, 1.165) is 25.6 Å². The molecule has 0 atom stereocenters. The minimum Gasteiger partial charge on any atom is -0.370 e. The first-order chi connectivity index (χ1) is 7.76. The van der Waals surface area contributed by atoms with E-state index in [4.69, 9.17) is 5.73 Å². The smallest absolute Gasteiger partial charge is 0.191 e. The summed E-state index contributed by atoms with van der Waals surface area (Å²) in [4.78, 5) is 6.82. The number of hydrogen-bond acceptors (Lipinski definition) is 1. The van der Waals surface area contributed by atoms with Crippen LogP contribution in [0.4, 0.5) is 0 Å². The van der Waals surface area contributed by atoms with Gasteiger partial charge in [-0.1, -0.05) is 26.2 Å². The number of guanidine groups is 1. The van der Waals surface area contributed by atoms with Gasteiger partial charge in [-0.15, -0.1) is 0 Å². The largest absolute Gasteiger partial charge is 0.370 e. The molecule has 0 aromatic carbocycles. The molecule has 2 aliphatic rings. The molecule has 0 bridgehead atoms. The molecule has 3 nitrogen and oxygen atoms in total. The zero-order valence-corrected chi connectivity index (χ0v) is 10.5. The topological polar surface area (TPSA) is 41.6 Å². The van der Waals surface area contributed by atoms with E-state index in [1.54, 1.807) is 0 Å². The van der Waals surface area contributed by atoms with E-state index < -0.39 is 0 Å². The molecule has 92 valence electrons. The average Bonchev–Trinajstić information content (AvgIpc) is 2.25. The summed E-state index contributed by atoms with van der Waals surface area (Å²) in [7, 11) is 0. The van der Waals surface area contributed by atoms with Gasteiger partial charge in [0.05, 0.1) is 0 Å². The second-order valence-electron chi connectivity index (χ2n) is 5.43. The summed E-state index contributed by atoms with van der Waals surface area (Å²) in [6.07, 6.45) is 9.40. The van der Waals surface area contributed by atoms with Gasteiger partial charge in [0.1, 0.15) is 0 Å². The fourth-order valence-corrected chi connectivity index (χ4v) is 2.82. The number of likely N-dealkylation sites (tertiary alicyclic amines) is 1. The Hall–Kier alpha value is -0.730. The van der Waals surface area contributed by atoms with E-state index in [-0.39, 0.29) is 0 Å². The summed E-state index contributed by atoms with van der Waals surface area (Å²) in [5.74, 6) is 0.782. The van der Waals surface area contributed by atoms with Gasteiger partial charge in [0, 0.05) is 19.6 Å². The Balaban J connectivity index is 1.90. The van der Waals surface area contributed by atoms with Crippen LogP contribution in [0.2, 0.25) is 0 Å². The molecule has 1 heterocycles. The highest BCUT2D eigenvalue weighted by atomic mass is 15.3. The van der Waals surface area contributed by atoms with Crippen LogP contribution in [-0.2, 0) is 0 Å². The molecule has 0 spiro atoms. The van der Waals surface area contributed by atoms with E-state index in [0.29, 0.717) is 5.41 Å². The summed E-state index contributed by atoms with van der Waals surface area (Å²) >= 11 is 0.